The molecule has 4 heteroatoms. The molecule has 269 valence electrons. The summed E-state index contributed by atoms with van der Waals surface area (Å²) in [4.78, 5) is 6.51. The van der Waals surface area contributed by atoms with Crippen molar-refractivity contribution < 1.29 is 4.42 Å². The molecule has 8 aromatic rings. The van der Waals surface area contributed by atoms with Crippen molar-refractivity contribution in [3.05, 3.63) is 137 Å². The SMILES string of the molecule is Cc1cc(-c2cccc3c2[nH]c2c4ccccc4oc32)c2c(c1)N(c1cc3c(cc1C)C(C)(C)CCC3(C)C)c1c(ccc3c1C(C)(C)c1ccccc1-3)[B]2. The monoisotopic (exact) mass is 713 g/mol. The first-order valence-corrected chi connectivity index (χ1v) is 20.0. The Morgan fingerprint density at radius 3 is 2.15 bits per heavy atom. The molecule has 0 unspecified atom stereocenters. The fraction of sp³-hybridized carbons (Fsp3) is 0.255. The third kappa shape index (κ3) is 4.40. The fourth-order valence-electron chi connectivity index (χ4n) is 10.6. The highest BCUT2D eigenvalue weighted by atomic mass is 16.3. The molecule has 0 spiro atoms. The van der Waals surface area contributed by atoms with Crippen LogP contribution in [0.1, 0.15) is 87.8 Å². The van der Waals surface area contributed by atoms with Crippen LogP contribution in [0.15, 0.2) is 108 Å². The normalized spacial score (nSPS) is 17.1. The summed E-state index contributed by atoms with van der Waals surface area (Å²) in [5.74, 6) is 0. The predicted molar refractivity (Wildman–Crippen MR) is 233 cm³/mol. The number of rotatable bonds is 2. The summed E-state index contributed by atoms with van der Waals surface area (Å²) < 4.78 is 6.49. The molecular weight excluding hydrogens is 667 g/mol. The first-order valence-electron chi connectivity index (χ1n) is 20.0. The number of para-hydroxylation sites is 2. The molecule has 55 heavy (non-hydrogen) atoms. The summed E-state index contributed by atoms with van der Waals surface area (Å²) in [6.07, 6.45) is 2.37. The quantitative estimate of drug-likeness (QED) is 0.181. The van der Waals surface area contributed by atoms with E-state index in [1.807, 2.05) is 6.07 Å². The van der Waals surface area contributed by atoms with Gasteiger partial charge in [0.1, 0.15) is 5.58 Å². The second kappa shape index (κ2) is 10.8. The van der Waals surface area contributed by atoms with E-state index in [0.29, 0.717) is 0 Å². The van der Waals surface area contributed by atoms with Crippen LogP contribution in [0.4, 0.5) is 17.1 Å². The molecule has 1 aliphatic heterocycles. The fourth-order valence-corrected chi connectivity index (χ4v) is 10.6. The van der Waals surface area contributed by atoms with Crippen molar-refractivity contribution in [2.24, 2.45) is 0 Å². The van der Waals surface area contributed by atoms with Crippen molar-refractivity contribution in [1.29, 1.82) is 0 Å². The first kappa shape index (κ1) is 32.9. The number of nitrogens with zero attached hydrogens (tertiary/aromatic N) is 1. The van der Waals surface area contributed by atoms with E-state index in [2.05, 4.69) is 170 Å². The smallest absolute Gasteiger partial charge is 0.197 e. The Labute approximate surface area is 324 Å². The number of aromatic amines is 1. The highest BCUT2D eigenvalue weighted by Gasteiger charge is 2.43. The molecule has 0 atom stereocenters. The third-order valence-electron chi connectivity index (χ3n) is 13.6. The maximum Gasteiger partial charge on any atom is 0.197 e. The molecule has 11 rings (SSSR count). The molecular formula is C51H46BN2O. The Morgan fingerprint density at radius 2 is 1.33 bits per heavy atom. The maximum absolute atomic E-state index is 6.49. The number of benzene rings is 6. The van der Waals surface area contributed by atoms with Gasteiger partial charge in [-0.1, -0.05) is 120 Å². The summed E-state index contributed by atoms with van der Waals surface area (Å²) in [7, 11) is 2.47. The highest BCUT2D eigenvalue weighted by Crippen LogP contribution is 2.56. The van der Waals surface area contributed by atoms with Crippen LogP contribution in [0.25, 0.3) is 55.2 Å². The van der Waals surface area contributed by atoms with E-state index >= 15 is 0 Å². The van der Waals surface area contributed by atoms with E-state index in [9.17, 15) is 0 Å². The van der Waals surface area contributed by atoms with Gasteiger partial charge in [-0.2, -0.15) is 0 Å². The lowest BCUT2D eigenvalue weighted by Crippen LogP contribution is -2.43. The molecule has 0 fully saturated rings. The number of anilines is 3. The van der Waals surface area contributed by atoms with Crippen molar-refractivity contribution in [3.8, 4) is 22.3 Å². The van der Waals surface area contributed by atoms with Crippen molar-refractivity contribution in [2.75, 3.05) is 4.90 Å². The Morgan fingerprint density at radius 1 is 0.618 bits per heavy atom. The van der Waals surface area contributed by atoms with Crippen molar-refractivity contribution in [1.82, 2.24) is 4.98 Å². The summed E-state index contributed by atoms with van der Waals surface area (Å²) in [6, 6.07) is 38.7. The van der Waals surface area contributed by atoms with Crippen LogP contribution >= 0.6 is 0 Å². The van der Waals surface area contributed by atoms with E-state index < -0.39 is 0 Å². The molecule has 1 N–H and O–H groups in total. The number of hydrogen-bond donors (Lipinski definition) is 1. The van der Waals surface area contributed by atoms with Crippen molar-refractivity contribution in [3.63, 3.8) is 0 Å². The molecule has 0 amide bonds. The van der Waals surface area contributed by atoms with Crippen LogP contribution in [0.2, 0.25) is 0 Å². The molecule has 0 saturated heterocycles. The lowest BCUT2D eigenvalue weighted by atomic mass is 9.56. The van der Waals surface area contributed by atoms with Gasteiger partial charge in [-0.05, 0) is 123 Å². The number of aryl methyl sites for hydroxylation is 2. The molecule has 3 nitrogen and oxygen atoms in total. The average Bonchev–Trinajstić information content (AvgIpc) is 3.79. The van der Waals surface area contributed by atoms with Crippen molar-refractivity contribution in [2.45, 2.75) is 84.5 Å². The van der Waals surface area contributed by atoms with E-state index in [1.165, 1.54) is 96.5 Å². The van der Waals surface area contributed by atoms with Crippen LogP contribution in [0, 0.1) is 13.8 Å². The van der Waals surface area contributed by atoms with Crippen molar-refractivity contribution >= 4 is 68.2 Å². The Kier molecular flexibility index (Phi) is 6.49. The molecule has 0 bridgehead atoms. The van der Waals surface area contributed by atoms with Gasteiger partial charge in [0.15, 0.2) is 12.9 Å². The second-order valence-corrected chi connectivity index (χ2v) is 18.4. The maximum atomic E-state index is 6.49. The van der Waals surface area contributed by atoms with Gasteiger partial charge in [0.05, 0.1) is 11.0 Å². The van der Waals surface area contributed by atoms with Crippen LogP contribution < -0.4 is 15.8 Å². The largest absolute Gasteiger partial charge is 0.454 e. The van der Waals surface area contributed by atoms with Gasteiger partial charge < -0.3 is 14.3 Å². The number of hydrogen-bond acceptors (Lipinski definition) is 2. The zero-order chi connectivity index (χ0) is 37.8. The minimum absolute atomic E-state index is 0.0805. The summed E-state index contributed by atoms with van der Waals surface area (Å²) in [6.45, 7) is 19.2. The first-order chi connectivity index (χ1) is 26.3. The lowest BCUT2D eigenvalue weighted by Gasteiger charge is -2.44. The van der Waals surface area contributed by atoms with Crippen LogP contribution in [0.3, 0.4) is 0 Å². The highest BCUT2D eigenvalue weighted by molar-refractivity contribution is 6.73. The third-order valence-corrected chi connectivity index (χ3v) is 13.6. The molecule has 3 aliphatic rings. The number of aromatic nitrogens is 1. The summed E-state index contributed by atoms with van der Waals surface area (Å²) in [5, 5.41) is 2.23. The average molecular weight is 714 g/mol. The zero-order valence-electron chi connectivity index (χ0n) is 33.2. The Balaban J connectivity index is 1.22. The molecule has 3 heterocycles. The molecule has 1 radical (unpaired) electrons. The molecule has 6 aromatic carbocycles. The Hall–Kier alpha value is -5.48. The number of nitrogens with one attached hydrogen (secondary N) is 1. The summed E-state index contributed by atoms with van der Waals surface area (Å²) >= 11 is 0. The van der Waals surface area contributed by atoms with Crippen LogP contribution in [-0.4, -0.2) is 12.3 Å². The molecule has 0 saturated carbocycles. The van der Waals surface area contributed by atoms with E-state index in [4.69, 9.17) is 4.42 Å². The minimum Gasteiger partial charge on any atom is -0.454 e. The van der Waals surface area contributed by atoms with Crippen LogP contribution in [0.5, 0.6) is 0 Å². The topological polar surface area (TPSA) is 32.2 Å². The van der Waals surface area contributed by atoms with Gasteiger partial charge in [0, 0.05) is 38.8 Å². The van der Waals surface area contributed by atoms with E-state index in [1.54, 1.807) is 0 Å². The summed E-state index contributed by atoms with van der Waals surface area (Å²) in [5.41, 5.74) is 23.8. The Bertz CT molecular complexity index is 2970. The predicted octanol–water partition coefficient (Wildman–Crippen LogP) is 12.4. The number of H-pyrrole nitrogens is 1. The van der Waals surface area contributed by atoms with Gasteiger partial charge in [0.2, 0.25) is 0 Å². The standard InChI is InChI=1S/C51H46BN2O/c1-28-24-35(32-16-13-17-34-45(32)53-46-33-15-10-12-19-42(33)55-48(34)46)44-41(25-28)54(40-27-38-37(26-29(40)2)49(3,4)22-23-50(38,5)6)47-39(52-44)21-20-31-30-14-9-11-18-36(30)51(7,8)43(31)47/h9-21,24-27,53H,22-23H2,1-8H3. The van der Waals surface area contributed by atoms with Gasteiger partial charge in [0.25, 0.3) is 0 Å². The number of furan rings is 1. The minimum atomic E-state index is -0.177. The van der Waals surface area contributed by atoms with Gasteiger partial charge in [-0.3, -0.25) is 0 Å². The lowest BCUT2D eigenvalue weighted by molar-refractivity contribution is 0.332. The molecule has 2 aliphatic carbocycles. The zero-order valence-corrected chi connectivity index (χ0v) is 33.2. The second-order valence-electron chi connectivity index (χ2n) is 18.4. The number of fused-ring (bicyclic) bond motifs is 12. The van der Waals surface area contributed by atoms with E-state index in [-0.39, 0.29) is 16.2 Å². The van der Waals surface area contributed by atoms with E-state index in [0.717, 1.165) is 33.0 Å². The van der Waals surface area contributed by atoms with Gasteiger partial charge in [-0.25, -0.2) is 0 Å². The molecule has 2 aromatic heterocycles. The van der Waals surface area contributed by atoms with Gasteiger partial charge >= 0.3 is 0 Å². The van der Waals surface area contributed by atoms with Gasteiger partial charge in [-0.15, -0.1) is 0 Å². The van der Waals surface area contributed by atoms with Crippen LogP contribution in [-0.2, 0) is 16.2 Å².